The van der Waals surface area contributed by atoms with E-state index in [0.29, 0.717) is 0 Å². The van der Waals surface area contributed by atoms with Crippen molar-refractivity contribution in [2.24, 2.45) is 0 Å². The third kappa shape index (κ3) is 4.56. The zero-order valence-electron chi connectivity index (χ0n) is 32.2. The monoisotopic (exact) mass is 745 g/mol. The van der Waals surface area contributed by atoms with Crippen LogP contribution in [0.1, 0.15) is 0 Å². The molecule has 0 bridgehead atoms. The lowest BCUT2D eigenvalue weighted by Crippen LogP contribution is -2.10. The number of para-hydroxylation sites is 2. The molecule has 0 fully saturated rings. The van der Waals surface area contributed by atoms with Crippen LogP contribution in [0, 0.1) is 0 Å². The van der Waals surface area contributed by atoms with E-state index in [2.05, 4.69) is 217 Å². The van der Waals surface area contributed by atoms with E-state index in [4.69, 9.17) is 0 Å². The van der Waals surface area contributed by atoms with Crippen molar-refractivity contribution < 1.29 is 0 Å². The summed E-state index contributed by atoms with van der Waals surface area (Å²) in [5.74, 6) is 0. The zero-order chi connectivity index (χ0) is 38.6. The number of nitrogens with zero attached hydrogens (tertiary/aromatic N) is 1. The van der Waals surface area contributed by atoms with Gasteiger partial charge >= 0.3 is 0 Å². The van der Waals surface area contributed by atoms with Gasteiger partial charge in [0.1, 0.15) is 0 Å². The molecule has 13 aromatic rings. The maximum atomic E-state index is 2.53. The Morgan fingerprint density at radius 3 is 1.29 bits per heavy atom. The second-order valence-corrected chi connectivity index (χ2v) is 15.9. The molecule has 0 aliphatic rings. The van der Waals surface area contributed by atoms with Crippen molar-refractivity contribution in [3.63, 3.8) is 0 Å². The Kier molecular flexibility index (Phi) is 6.79. The van der Waals surface area contributed by atoms with Crippen molar-refractivity contribution in [1.82, 2.24) is 0 Å². The Morgan fingerprint density at radius 1 is 0.237 bits per heavy atom. The van der Waals surface area contributed by atoms with Gasteiger partial charge in [0.15, 0.2) is 0 Å². The predicted molar refractivity (Wildman–Crippen MR) is 254 cm³/mol. The van der Waals surface area contributed by atoms with Gasteiger partial charge in [0.2, 0.25) is 0 Å². The molecule has 0 unspecified atom stereocenters. The Hall–Kier alpha value is -7.74. The van der Waals surface area contributed by atoms with Crippen LogP contribution >= 0.6 is 0 Å². The van der Waals surface area contributed by atoms with E-state index >= 15 is 0 Å². The number of rotatable bonds is 5. The van der Waals surface area contributed by atoms with E-state index in [1.54, 1.807) is 0 Å². The third-order valence-corrected chi connectivity index (χ3v) is 12.9. The molecule has 0 radical (unpaired) electrons. The molecule has 0 N–H and O–H groups in total. The summed E-state index contributed by atoms with van der Waals surface area (Å²) < 4.78 is 0. The van der Waals surface area contributed by atoms with Gasteiger partial charge in [0.05, 0.1) is 5.69 Å². The molecule has 0 spiro atoms. The number of fused-ring (bicyclic) bond motifs is 9. The van der Waals surface area contributed by atoms with Crippen LogP contribution in [0.15, 0.2) is 212 Å². The van der Waals surface area contributed by atoms with Gasteiger partial charge in [-0.2, -0.15) is 0 Å². The highest BCUT2D eigenvalue weighted by Crippen LogP contribution is 2.54. The zero-order valence-corrected chi connectivity index (χ0v) is 32.2. The minimum Gasteiger partial charge on any atom is -0.310 e. The largest absolute Gasteiger partial charge is 0.310 e. The lowest BCUT2D eigenvalue weighted by Gasteiger charge is -2.27. The van der Waals surface area contributed by atoms with Crippen LogP contribution in [0.4, 0.5) is 17.1 Å². The lowest BCUT2D eigenvalue weighted by molar-refractivity contribution is 1.30. The van der Waals surface area contributed by atoms with E-state index < -0.39 is 0 Å². The molecule has 13 rings (SSSR count). The molecule has 0 aliphatic carbocycles. The van der Waals surface area contributed by atoms with Crippen molar-refractivity contribution in [2.45, 2.75) is 0 Å². The van der Waals surface area contributed by atoms with Crippen molar-refractivity contribution in [3.05, 3.63) is 212 Å². The highest BCUT2D eigenvalue weighted by atomic mass is 15.1. The van der Waals surface area contributed by atoms with Crippen LogP contribution in [0.2, 0.25) is 0 Å². The first kappa shape index (κ1) is 32.4. The Morgan fingerprint density at radius 2 is 0.678 bits per heavy atom. The molecule has 272 valence electrons. The Bertz CT molecular complexity index is 3700. The summed E-state index contributed by atoms with van der Waals surface area (Å²) in [6.45, 7) is 0. The molecule has 0 saturated heterocycles. The van der Waals surface area contributed by atoms with Gasteiger partial charge in [-0.05, 0) is 152 Å². The van der Waals surface area contributed by atoms with E-state index in [9.17, 15) is 0 Å². The normalized spacial score (nSPS) is 12.1. The highest BCUT2D eigenvalue weighted by Gasteiger charge is 2.26. The number of benzene rings is 11. The van der Waals surface area contributed by atoms with Gasteiger partial charge in [0.25, 0.3) is 0 Å². The van der Waals surface area contributed by atoms with Gasteiger partial charge in [-0.15, -0.1) is 0 Å². The topological polar surface area (TPSA) is 3.24 Å². The molecule has 0 aromatic heterocycles. The summed E-state index contributed by atoms with van der Waals surface area (Å²) in [6, 6.07) is 78.6. The lowest BCUT2D eigenvalue weighted by atomic mass is 9.85. The number of anilines is 3. The fourth-order valence-electron chi connectivity index (χ4n) is 10.5. The molecule has 0 amide bonds. The summed E-state index contributed by atoms with van der Waals surface area (Å²) in [6.07, 6.45) is 0. The predicted octanol–water partition coefficient (Wildman–Crippen LogP) is 16.6. The van der Waals surface area contributed by atoms with Crippen molar-refractivity contribution in [2.75, 3.05) is 4.90 Å². The van der Waals surface area contributed by atoms with E-state index in [0.717, 1.165) is 11.4 Å². The Labute approximate surface area is 341 Å². The fourth-order valence-corrected chi connectivity index (χ4v) is 10.5. The summed E-state index contributed by atoms with van der Waals surface area (Å²) >= 11 is 0. The smallest absolute Gasteiger partial charge is 0.0540 e. The standard InChI is InChI=1S/C58H35N/c1-5-17-36(18-6-1)53-49-35-48-44-31-32-52(59(39-22-9-3-10-23-39)40-24-11-4-12-25-40)45-29-15-28-43(55(44)45)47(48)34-50(49)54(37-19-7-2-8-20-37)58-51-33-38-21-13-14-26-41(38)42-27-16-30-46(56(42)51)57(53)58/h1-35H. The minimum atomic E-state index is 1.14. The fraction of sp³-hybridized carbons (Fsp3) is 0. The minimum absolute atomic E-state index is 1.14. The molecule has 1 nitrogen and oxygen atoms in total. The van der Waals surface area contributed by atoms with E-state index in [-0.39, 0.29) is 0 Å². The van der Waals surface area contributed by atoms with Gasteiger partial charge in [0, 0.05) is 16.8 Å². The molecule has 13 aromatic carbocycles. The second-order valence-electron chi connectivity index (χ2n) is 15.9. The number of hydrogen-bond donors (Lipinski definition) is 0. The first-order valence-corrected chi connectivity index (χ1v) is 20.5. The summed E-state index contributed by atoms with van der Waals surface area (Å²) in [5.41, 5.74) is 8.52. The highest BCUT2D eigenvalue weighted by molar-refractivity contribution is 6.43. The molecule has 59 heavy (non-hydrogen) atoms. The van der Waals surface area contributed by atoms with Crippen LogP contribution in [-0.4, -0.2) is 0 Å². The van der Waals surface area contributed by atoms with Gasteiger partial charge < -0.3 is 4.90 Å². The van der Waals surface area contributed by atoms with Crippen molar-refractivity contribution >= 4 is 103 Å². The molecule has 0 heterocycles. The van der Waals surface area contributed by atoms with E-state index in [1.807, 2.05) is 0 Å². The maximum absolute atomic E-state index is 2.53. The van der Waals surface area contributed by atoms with Crippen LogP contribution in [0.25, 0.3) is 108 Å². The second kappa shape index (κ2) is 12.4. The first-order chi connectivity index (χ1) is 29.3. The molecule has 0 saturated carbocycles. The van der Waals surface area contributed by atoms with E-state index in [1.165, 1.54) is 114 Å². The number of hydrogen-bond acceptors (Lipinski definition) is 1. The average molecular weight is 746 g/mol. The Balaban J connectivity index is 1.23. The van der Waals surface area contributed by atoms with Crippen LogP contribution < -0.4 is 4.90 Å². The first-order valence-electron chi connectivity index (χ1n) is 20.5. The van der Waals surface area contributed by atoms with Gasteiger partial charge in [-0.25, -0.2) is 0 Å². The summed E-state index contributed by atoms with van der Waals surface area (Å²) in [4.78, 5) is 2.40. The van der Waals surface area contributed by atoms with Crippen LogP contribution in [-0.2, 0) is 0 Å². The molecule has 0 aliphatic heterocycles. The van der Waals surface area contributed by atoms with Gasteiger partial charge in [-0.3, -0.25) is 0 Å². The van der Waals surface area contributed by atoms with Gasteiger partial charge in [-0.1, -0.05) is 164 Å². The molecule has 0 atom stereocenters. The van der Waals surface area contributed by atoms with Crippen LogP contribution in [0.3, 0.4) is 0 Å². The molecule has 1 heteroatoms. The van der Waals surface area contributed by atoms with Crippen LogP contribution in [0.5, 0.6) is 0 Å². The van der Waals surface area contributed by atoms with Crippen molar-refractivity contribution in [1.29, 1.82) is 0 Å². The SMILES string of the molecule is c1ccc(-c2c3cc4c(cc3c(-c3ccccc3)c3c5cc6ccccc6c6cccc(c23)c65)c2cccc3c(N(c5ccccc5)c5ccccc5)ccc4c32)cc1. The third-order valence-electron chi connectivity index (χ3n) is 12.9. The maximum Gasteiger partial charge on any atom is 0.0540 e. The summed E-state index contributed by atoms with van der Waals surface area (Å²) in [7, 11) is 0. The quantitative estimate of drug-likeness (QED) is 0.159. The molecular formula is C58H35N. The van der Waals surface area contributed by atoms with Crippen molar-refractivity contribution in [3.8, 4) is 22.3 Å². The molecular weight excluding hydrogens is 711 g/mol. The average Bonchev–Trinajstić information content (AvgIpc) is 3.80. The summed E-state index contributed by atoms with van der Waals surface area (Å²) in [5, 5.41) is 20.8.